The van der Waals surface area contributed by atoms with Gasteiger partial charge in [-0.05, 0) is 48.6 Å². The number of Topliss-reactive ketones (excluding diaryl/α,β-unsaturated/α-hetero) is 1. The van der Waals surface area contributed by atoms with Gasteiger partial charge >= 0.3 is 0 Å². The van der Waals surface area contributed by atoms with Gasteiger partial charge in [0.25, 0.3) is 5.56 Å². The SMILES string of the molecule is O=C(CSc1nnc(/C=C\c2ccco2)c(=O)[nH]1)c1ccc(Cl)cc1. The maximum absolute atomic E-state index is 12.1. The van der Waals surface area contributed by atoms with E-state index in [2.05, 4.69) is 15.2 Å². The maximum atomic E-state index is 12.1. The highest BCUT2D eigenvalue weighted by Crippen LogP contribution is 2.15. The Bertz CT molecular complexity index is 950. The van der Waals surface area contributed by atoms with Crippen molar-refractivity contribution in [3.05, 3.63) is 75.1 Å². The van der Waals surface area contributed by atoms with Crippen molar-refractivity contribution in [1.82, 2.24) is 15.2 Å². The van der Waals surface area contributed by atoms with Gasteiger partial charge in [0.05, 0.1) is 12.0 Å². The van der Waals surface area contributed by atoms with Crippen LogP contribution in [0.2, 0.25) is 5.02 Å². The van der Waals surface area contributed by atoms with Gasteiger partial charge in [0, 0.05) is 10.6 Å². The van der Waals surface area contributed by atoms with Gasteiger partial charge in [0.2, 0.25) is 0 Å². The summed E-state index contributed by atoms with van der Waals surface area (Å²) in [6, 6.07) is 10.1. The lowest BCUT2D eigenvalue weighted by molar-refractivity contribution is 0.102. The van der Waals surface area contributed by atoms with Crippen molar-refractivity contribution < 1.29 is 9.21 Å². The molecule has 0 fully saturated rings. The van der Waals surface area contributed by atoms with E-state index in [0.717, 1.165) is 11.8 Å². The third-order valence-corrected chi connectivity index (χ3v) is 4.27. The summed E-state index contributed by atoms with van der Waals surface area (Å²) in [6.07, 6.45) is 4.67. The molecule has 2 heterocycles. The molecule has 0 aliphatic heterocycles. The lowest BCUT2D eigenvalue weighted by Crippen LogP contribution is -2.15. The first kappa shape index (κ1) is 17.2. The van der Waals surface area contributed by atoms with Crippen LogP contribution in [0.4, 0.5) is 0 Å². The molecule has 8 heteroatoms. The van der Waals surface area contributed by atoms with E-state index in [1.54, 1.807) is 42.5 Å². The van der Waals surface area contributed by atoms with Crippen LogP contribution in [0.25, 0.3) is 12.2 Å². The first-order chi connectivity index (χ1) is 12.1. The van der Waals surface area contributed by atoms with E-state index in [1.807, 2.05) is 0 Å². The van der Waals surface area contributed by atoms with Crippen LogP contribution >= 0.6 is 23.4 Å². The first-order valence-electron chi connectivity index (χ1n) is 7.22. The molecule has 0 atom stereocenters. The summed E-state index contributed by atoms with van der Waals surface area (Å²) in [5, 5.41) is 8.64. The number of aromatic amines is 1. The monoisotopic (exact) mass is 373 g/mol. The molecule has 0 spiro atoms. The van der Waals surface area contributed by atoms with Gasteiger partial charge in [-0.1, -0.05) is 23.4 Å². The number of furan rings is 1. The molecule has 3 rings (SSSR count). The number of hydrogen-bond acceptors (Lipinski definition) is 6. The van der Waals surface area contributed by atoms with Crippen molar-refractivity contribution in [2.24, 2.45) is 0 Å². The van der Waals surface area contributed by atoms with Gasteiger partial charge < -0.3 is 4.42 Å². The molecule has 25 heavy (non-hydrogen) atoms. The van der Waals surface area contributed by atoms with Crippen molar-refractivity contribution in [1.29, 1.82) is 0 Å². The molecule has 0 aliphatic rings. The molecular weight excluding hydrogens is 362 g/mol. The number of ketones is 1. The number of aromatic nitrogens is 3. The fourth-order valence-corrected chi connectivity index (χ4v) is 2.73. The van der Waals surface area contributed by atoms with E-state index in [4.69, 9.17) is 16.0 Å². The molecule has 126 valence electrons. The predicted molar refractivity (Wildman–Crippen MR) is 96.8 cm³/mol. The number of thioether (sulfide) groups is 1. The number of hydrogen-bond donors (Lipinski definition) is 1. The smallest absolute Gasteiger partial charge is 0.277 e. The summed E-state index contributed by atoms with van der Waals surface area (Å²) in [4.78, 5) is 26.7. The molecule has 0 unspecified atom stereocenters. The predicted octanol–water partition coefficient (Wildman–Crippen LogP) is 3.56. The summed E-state index contributed by atoms with van der Waals surface area (Å²) < 4.78 is 5.14. The van der Waals surface area contributed by atoms with E-state index in [0.29, 0.717) is 16.3 Å². The summed E-state index contributed by atoms with van der Waals surface area (Å²) in [5.41, 5.74) is 0.314. The zero-order valence-electron chi connectivity index (χ0n) is 12.8. The Morgan fingerprint density at radius 1 is 1.20 bits per heavy atom. The van der Waals surface area contributed by atoms with Crippen LogP contribution in [0.1, 0.15) is 21.8 Å². The molecule has 0 aliphatic carbocycles. The van der Waals surface area contributed by atoms with Gasteiger partial charge in [0.15, 0.2) is 16.6 Å². The largest absolute Gasteiger partial charge is 0.465 e. The second-order valence-electron chi connectivity index (χ2n) is 4.91. The van der Waals surface area contributed by atoms with Crippen LogP contribution in [-0.4, -0.2) is 26.7 Å². The van der Waals surface area contributed by atoms with Gasteiger partial charge in [-0.2, -0.15) is 0 Å². The third-order valence-electron chi connectivity index (χ3n) is 3.16. The number of nitrogens with one attached hydrogen (secondary N) is 1. The summed E-state index contributed by atoms with van der Waals surface area (Å²) in [5.74, 6) is 0.646. The molecule has 3 aromatic rings. The van der Waals surface area contributed by atoms with Gasteiger partial charge in [-0.25, -0.2) is 0 Å². The van der Waals surface area contributed by atoms with Crippen LogP contribution in [0.15, 0.2) is 57.0 Å². The number of benzene rings is 1. The standard InChI is InChI=1S/C17H12ClN3O3S/c18-12-5-3-11(4-6-12)15(22)10-25-17-19-16(23)14(20-21-17)8-7-13-2-1-9-24-13/h1-9H,10H2,(H,19,21,23)/b8-7-. The first-order valence-corrected chi connectivity index (χ1v) is 8.58. The van der Waals surface area contributed by atoms with E-state index < -0.39 is 0 Å². The minimum Gasteiger partial charge on any atom is -0.465 e. The number of rotatable bonds is 6. The van der Waals surface area contributed by atoms with Crippen molar-refractivity contribution in [2.75, 3.05) is 5.75 Å². The average molecular weight is 374 g/mol. The zero-order valence-corrected chi connectivity index (χ0v) is 14.4. The molecule has 1 N–H and O–H groups in total. The van der Waals surface area contributed by atoms with Crippen LogP contribution in [0.3, 0.4) is 0 Å². The van der Waals surface area contributed by atoms with Crippen molar-refractivity contribution in [3.8, 4) is 0 Å². The van der Waals surface area contributed by atoms with E-state index in [1.165, 1.54) is 12.3 Å². The topological polar surface area (TPSA) is 88.8 Å². The second kappa shape index (κ2) is 7.96. The molecule has 6 nitrogen and oxygen atoms in total. The number of H-pyrrole nitrogens is 1. The molecular formula is C17H12ClN3O3S. The van der Waals surface area contributed by atoms with Crippen molar-refractivity contribution >= 4 is 41.3 Å². The lowest BCUT2D eigenvalue weighted by Gasteiger charge is -2.01. The van der Waals surface area contributed by atoms with E-state index in [9.17, 15) is 9.59 Å². The minimum absolute atomic E-state index is 0.0916. The normalized spacial score (nSPS) is 11.1. The number of carbonyl (C=O) groups is 1. The fraction of sp³-hybridized carbons (Fsp3) is 0.0588. The van der Waals surface area contributed by atoms with E-state index >= 15 is 0 Å². The highest BCUT2D eigenvalue weighted by molar-refractivity contribution is 7.99. The lowest BCUT2D eigenvalue weighted by atomic mass is 10.1. The molecule has 0 radical (unpaired) electrons. The van der Waals surface area contributed by atoms with Gasteiger partial charge in [-0.3, -0.25) is 14.6 Å². The highest BCUT2D eigenvalue weighted by Gasteiger charge is 2.09. The highest BCUT2D eigenvalue weighted by atomic mass is 35.5. The Morgan fingerprint density at radius 3 is 2.68 bits per heavy atom. The fourth-order valence-electron chi connectivity index (χ4n) is 1.91. The molecule has 0 bridgehead atoms. The summed E-state index contributed by atoms with van der Waals surface area (Å²) in [7, 11) is 0. The van der Waals surface area contributed by atoms with Crippen LogP contribution in [0, 0.1) is 0 Å². The Labute approximate surface area is 151 Å². The minimum atomic E-state index is -0.390. The Balaban J connectivity index is 1.64. The zero-order chi connectivity index (χ0) is 17.6. The number of carbonyl (C=O) groups excluding carboxylic acids is 1. The molecule has 0 amide bonds. The third kappa shape index (κ3) is 4.68. The van der Waals surface area contributed by atoms with Crippen molar-refractivity contribution in [3.63, 3.8) is 0 Å². The number of nitrogens with zero attached hydrogens (tertiary/aromatic N) is 2. The van der Waals surface area contributed by atoms with Gasteiger partial charge in [0.1, 0.15) is 5.76 Å². The Hall–Kier alpha value is -2.64. The molecule has 0 saturated carbocycles. The molecule has 0 saturated heterocycles. The van der Waals surface area contributed by atoms with E-state index in [-0.39, 0.29) is 27.9 Å². The number of halogens is 1. The summed E-state index contributed by atoms with van der Waals surface area (Å²) in [6.45, 7) is 0. The summed E-state index contributed by atoms with van der Waals surface area (Å²) >= 11 is 6.91. The van der Waals surface area contributed by atoms with Crippen LogP contribution < -0.4 is 5.56 Å². The molecule has 2 aromatic heterocycles. The van der Waals surface area contributed by atoms with Crippen molar-refractivity contribution in [2.45, 2.75) is 5.16 Å². The van der Waals surface area contributed by atoms with Crippen LogP contribution in [-0.2, 0) is 0 Å². The quantitative estimate of drug-likeness (QED) is 0.525. The van der Waals surface area contributed by atoms with Gasteiger partial charge in [-0.15, -0.1) is 10.2 Å². The average Bonchev–Trinajstić information content (AvgIpc) is 3.13. The van der Waals surface area contributed by atoms with Crippen LogP contribution in [0.5, 0.6) is 0 Å². The Kier molecular flexibility index (Phi) is 5.47. The molecule has 1 aromatic carbocycles. The second-order valence-corrected chi connectivity index (χ2v) is 6.31. The maximum Gasteiger partial charge on any atom is 0.277 e. The Morgan fingerprint density at radius 2 is 2.00 bits per heavy atom.